The molecule has 3 heterocycles. The van der Waals surface area contributed by atoms with Crippen molar-refractivity contribution < 1.29 is 28.8 Å². The van der Waals surface area contributed by atoms with Gasteiger partial charge in [0.1, 0.15) is 18.3 Å². The van der Waals surface area contributed by atoms with Crippen molar-refractivity contribution in [1.82, 2.24) is 0 Å². The highest BCUT2D eigenvalue weighted by molar-refractivity contribution is 9.11. The molecule has 0 saturated carbocycles. The number of aliphatic hydroxyl groups is 1. The van der Waals surface area contributed by atoms with Crippen LogP contribution in [-0.2, 0) is 23.7 Å². The fraction of sp³-hybridized carbons (Fsp3) is 0.857. The third-order valence-electron chi connectivity index (χ3n) is 4.01. The standard InChI is InChI=1S/C14H21BrO6/c1-7(15)14(16)9(8-6-17-12(2,3)19-8)18-11-10(14)20-13(4,5)21-11/h8-11,16H,1,6H2,2-5H3/t8-,9-,10+,11-,14-/m1/s1. The average molecular weight is 365 g/mol. The monoisotopic (exact) mass is 364 g/mol. The molecule has 6 nitrogen and oxygen atoms in total. The lowest BCUT2D eigenvalue weighted by Gasteiger charge is -2.35. The third-order valence-corrected chi connectivity index (χ3v) is 4.64. The Bertz CT molecular complexity index is 464. The summed E-state index contributed by atoms with van der Waals surface area (Å²) in [6.07, 6.45) is -2.45. The molecular formula is C14H21BrO6. The first-order chi connectivity index (χ1) is 9.55. The fourth-order valence-corrected chi connectivity index (χ4v) is 3.53. The van der Waals surface area contributed by atoms with Crippen molar-refractivity contribution in [3.63, 3.8) is 0 Å². The van der Waals surface area contributed by atoms with Gasteiger partial charge in [0.2, 0.25) is 0 Å². The zero-order valence-electron chi connectivity index (χ0n) is 12.6. The SMILES string of the molecule is C=C(Br)[C@@]1(O)[C@@H]([C@H]2COC(C)(C)O2)O[C@@H]2OC(C)(C)O[C@@H]21. The van der Waals surface area contributed by atoms with Crippen LogP contribution in [0.4, 0.5) is 0 Å². The van der Waals surface area contributed by atoms with E-state index < -0.39 is 41.8 Å². The van der Waals surface area contributed by atoms with Crippen molar-refractivity contribution in [2.45, 2.75) is 69.5 Å². The highest BCUT2D eigenvalue weighted by Gasteiger charge is 2.66. The van der Waals surface area contributed by atoms with Gasteiger partial charge < -0.3 is 28.8 Å². The number of hydrogen-bond donors (Lipinski definition) is 1. The molecule has 3 fully saturated rings. The summed E-state index contributed by atoms with van der Waals surface area (Å²) in [7, 11) is 0. The van der Waals surface area contributed by atoms with E-state index in [-0.39, 0.29) is 0 Å². The molecule has 0 unspecified atom stereocenters. The van der Waals surface area contributed by atoms with Gasteiger partial charge in [0.15, 0.2) is 23.5 Å². The van der Waals surface area contributed by atoms with Crippen LogP contribution in [0.5, 0.6) is 0 Å². The van der Waals surface area contributed by atoms with E-state index in [0.29, 0.717) is 11.1 Å². The van der Waals surface area contributed by atoms with Crippen molar-refractivity contribution >= 4 is 15.9 Å². The number of halogens is 1. The normalized spacial score (nSPS) is 47.5. The minimum Gasteiger partial charge on any atom is -0.379 e. The number of hydrogen-bond acceptors (Lipinski definition) is 6. The van der Waals surface area contributed by atoms with E-state index in [9.17, 15) is 5.11 Å². The first kappa shape index (κ1) is 15.9. The van der Waals surface area contributed by atoms with Crippen LogP contribution in [0.1, 0.15) is 27.7 Å². The lowest BCUT2D eigenvalue weighted by Crippen LogP contribution is -2.54. The summed E-state index contributed by atoms with van der Waals surface area (Å²) >= 11 is 3.29. The lowest BCUT2D eigenvalue weighted by atomic mass is 9.89. The van der Waals surface area contributed by atoms with E-state index in [0.717, 1.165) is 0 Å². The third kappa shape index (κ3) is 2.49. The maximum atomic E-state index is 11.1. The summed E-state index contributed by atoms with van der Waals surface area (Å²) in [5.74, 6) is -1.52. The molecule has 3 rings (SSSR count). The van der Waals surface area contributed by atoms with E-state index in [1.54, 1.807) is 13.8 Å². The van der Waals surface area contributed by atoms with Crippen LogP contribution in [0.3, 0.4) is 0 Å². The van der Waals surface area contributed by atoms with Crippen LogP contribution in [0.15, 0.2) is 11.1 Å². The molecule has 21 heavy (non-hydrogen) atoms. The quantitative estimate of drug-likeness (QED) is 0.803. The van der Waals surface area contributed by atoms with Crippen molar-refractivity contribution in [2.75, 3.05) is 6.61 Å². The average Bonchev–Trinajstić information content (AvgIpc) is 2.91. The lowest BCUT2D eigenvalue weighted by molar-refractivity contribution is -0.241. The van der Waals surface area contributed by atoms with E-state index in [2.05, 4.69) is 22.5 Å². The van der Waals surface area contributed by atoms with Gasteiger partial charge in [0.05, 0.1) is 6.61 Å². The Morgan fingerprint density at radius 1 is 1.10 bits per heavy atom. The first-order valence-corrected chi connectivity index (χ1v) is 7.75. The van der Waals surface area contributed by atoms with E-state index in [1.165, 1.54) is 0 Å². The molecule has 0 aromatic heterocycles. The second-order valence-corrected chi connectivity index (χ2v) is 7.54. The summed E-state index contributed by atoms with van der Waals surface area (Å²) in [5, 5.41) is 11.1. The molecule has 5 atom stereocenters. The molecule has 0 aromatic carbocycles. The van der Waals surface area contributed by atoms with Crippen LogP contribution in [0.25, 0.3) is 0 Å². The Kier molecular flexibility index (Phi) is 3.58. The Labute approximate surface area is 132 Å². The number of ether oxygens (including phenoxy) is 5. The predicted molar refractivity (Wildman–Crippen MR) is 76.6 cm³/mol. The summed E-state index contributed by atoms with van der Waals surface area (Å²) in [6, 6.07) is 0. The molecule has 0 aromatic rings. The molecule has 3 aliphatic heterocycles. The van der Waals surface area contributed by atoms with E-state index in [4.69, 9.17) is 23.7 Å². The molecule has 0 spiro atoms. The van der Waals surface area contributed by atoms with Crippen molar-refractivity contribution in [2.24, 2.45) is 0 Å². The second kappa shape index (κ2) is 4.74. The van der Waals surface area contributed by atoms with Gasteiger partial charge in [-0.25, -0.2) is 0 Å². The molecule has 3 saturated heterocycles. The molecule has 0 bridgehead atoms. The van der Waals surface area contributed by atoms with Crippen LogP contribution < -0.4 is 0 Å². The predicted octanol–water partition coefficient (Wildman–Crippen LogP) is 1.65. The Balaban J connectivity index is 1.88. The summed E-state index contributed by atoms with van der Waals surface area (Å²) in [5.41, 5.74) is -1.45. The van der Waals surface area contributed by atoms with Crippen LogP contribution >= 0.6 is 15.9 Å². The molecule has 7 heteroatoms. The van der Waals surface area contributed by atoms with E-state index in [1.807, 2.05) is 13.8 Å². The zero-order chi connectivity index (χ0) is 15.6. The van der Waals surface area contributed by atoms with Gasteiger partial charge in [-0.05, 0) is 27.7 Å². The summed E-state index contributed by atoms with van der Waals surface area (Å²) in [4.78, 5) is 0. The van der Waals surface area contributed by atoms with Gasteiger partial charge in [-0.2, -0.15) is 0 Å². The van der Waals surface area contributed by atoms with Gasteiger partial charge in [0, 0.05) is 4.48 Å². The maximum Gasteiger partial charge on any atom is 0.191 e. The first-order valence-electron chi connectivity index (χ1n) is 6.95. The topological polar surface area (TPSA) is 66.4 Å². The minimum absolute atomic E-state index is 0.323. The van der Waals surface area contributed by atoms with Gasteiger partial charge in [-0.1, -0.05) is 22.5 Å². The second-order valence-electron chi connectivity index (χ2n) is 6.58. The smallest absolute Gasteiger partial charge is 0.191 e. The molecular weight excluding hydrogens is 344 g/mol. The largest absolute Gasteiger partial charge is 0.379 e. The highest BCUT2D eigenvalue weighted by Crippen LogP contribution is 2.49. The van der Waals surface area contributed by atoms with Gasteiger partial charge >= 0.3 is 0 Å². The zero-order valence-corrected chi connectivity index (χ0v) is 14.2. The Hall–Kier alpha value is -0.0200. The highest BCUT2D eigenvalue weighted by atomic mass is 79.9. The van der Waals surface area contributed by atoms with Gasteiger partial charge in [-0.15, -0.1) is 0 Å². The Morgan fingerprint density at radius 2 is 1.76 bits per heavy atom. The molecule has 1 N–H and O–H groups in total. The maximum absolute atomic E-state index is 11.1. The summed E-state index contributed by atoms with van der Waals surface area (Å²) < 4.78 is 29.1. The van der Waals surface area contributed by atoms with E-state index >= 15 is 0 Å². The number of rotatable bonds is 2. The van der Waals surface area contributed by atoms with Crippen molar-refractivity contribution in [1.29, 1.82) is 0 Å². The van der Waals surface area contributed by atoms with Crippen LogP contribution in [0, 0.1) is 0 Å². The number of fused-ring (bicyclic) bond motifs is 1. The molecule has 120 valence electrons. The molecule has 3 aliphatic rings. The summed E-state index contributed by atoms with van der Waals surface area (Å²) in [6.45, 7) is 11.3. The van der Waals surface area contributed by atoms with Crippen molar-refractivity contribution in [3.8, 4) is 0 Å². The van der Waals surface area contributed by atoms with Crippen molar-refractivity contribution in [3.05, 3.63) is 11.1 Å². The van der Waals surface area contributed by atoms with Crippen LogP contribution in [0.2, 0.25) is 0 Å². The molecule has 0 amide bonds. The molecule has 0 radical (unpaired) electrons. The fourth-order valence-electron chi connectivity index (χ4n) is 3.08. The minimum atomic E-state index is -1.45. The van der Waals surface area contributed by atoms with Gasteiger partial charge in [0.25, 0.3) is 0 Å². The van der Waals surface area contributed by atoms with Crippen LogP contribution in [-0.4, -0.2) is 53.5 Å². The Morgan fingerprint density at radius 3 is 2.29 bits per heavy atom. The molecule has 0 aliphatic carbocycles. The van der Waals surface area contributed by atoms with Gasteiger partial charge in [-0.3, -0.25) is 0 Å².